The van der Waals surface area contributed by atoms with E-state index in [1.54, 1.807) is 0 Å². The van der Waals surface area contributed by atoms with Crippen LogP contribution in [0.4, 0.5) is 0 Å². The van der Waals surface area contributed by atoms with Crippen LogP contribution in [0.15, 0.2) is 18.2 Å². The molecule has 1 saturated carbocycles. The topological polar surface area (TPSA) is 20.2 Å². The van der Waals surface area contributed by atoms with Gasteiger partial charge in [0.25, 0.3) is 0 Å². The minimum atomic E-state index is -0.325. The smallest absolute Gasteiger partial charge is 0.0828 e. The van der Waals surface area contributed by atoms with Crippen molar-refractivity contribution in [2.45, 2.75) is 25.4 Å². The number of aliphatic hydroxyl groups excluding tert-OH is 1. The highest BCUT2D eigenvalue weighted by molar-refractivity contribution is 14.1. The molecule has 1 atom stereocenters. The zero-order valence-corrected chi connectivity index (χ0v) is 10.6. The van der Waals surface area contributed by atoms with Crippen LogP contribution in [-0.4, -0.2) is 5.11 Å². The first-order chi connectivity index (χ1) is 6.68. The van der Waals surface area contributed by atoms with E-state index in [9.17, 15) is 5.11 Å². The van der Waals surface area contributed by atoms with Gasteiger partial charge in [-0.3, -0.25) is 0 Å². The molecule has 1 aliphatic carbocycles. The Morgan fingerprint density at radius 3 is 2.71 bits per heavy atom. The molecule has 1 aliphatic rings. The first-order valence-corrected chi connectivity index (χ1v) is 6.27. The van der Waals surface area contributed by atoms with Gasteiger partial charge in [0, 0.05) is 8.59 Å². The van der Waals surface area contributed by atoms with Crippen LogP contribution in [0, 0.1) is 9.49 Å². The molecule has 76 valence electrons. The monoisotopic (exact) mass is 322 g/mol. The van der Waals surface area contributed by atoms with Crippen molar-refractivity contribution < 1.29 is 5.11 Å². The minimum absolute atomic E-state index is 0.325. The Bertz CT molecular complexity index is 336. The molecule has 2 rings (SSSR count). The summed E-state index contributed by atoms with van der Waals surface area (Å²) in [6.07, 6.45) is 3.21. The summed E-state index contributed by atoms with van der Waals surface area (Å²) in [7, 11) is 0. The van der Waals surface area contributed by atoms with E-state index in [4.69, 9.17) is 11.6 Å². The number of aliphatic hydroxyl groups is 1. The van der Waals surface area contributed by atoms with E-state index in [1.807, 2.05) is 18.2 Å². The van der Waals surface area contributed by atoms with Gasteiger partial charge in [-0.25, -0.2) is 0 Å². The lowest BCUT2D eigenvalue weighted by Gasteiger charge is -2.31. The molecule has 0 aromatic heterocycles. The Morgan fingerprint density at radius 1 is 1.43 bits per heavy atom. The summed E-state index contributed by atoms with van der Waals surface area (Å²) in [6.45, 7) is 0. The quantitative estimate of drug-likeness (QED) is 0.822. The van der Waals surface area contributed by atoms with Crippen LogP contribution in [0.1, 0.15) is 30.9 Å². The van der Waals surface area contributed by atoms with Crippen LogP contribution in [0.2, 0.25) is 5.02 Å². The van der Waals surface area contributed by atoms with Gasteiger partial charge in [0.2, 0.25) is 0 Å². The summed E-state index contributed by atoms with van der Waals surface area (Å²) >= 11 is 8.16. The Hall–Kier alpha value is 0.200. The predicted molar refractivity (Wildman–Crippen MR) is 66.5 cm³/mol. The van der Waals surface area contributed by atoms with Crippen molar-refractivity contribution in [1.82, 2.24) is 0 Å². The lowest BCUT2D eigenvalue weighted by molar-refractivity contribution is 0.0615. The molecular formula is C11H12ClIO. The van der Waals surface area contributed by atoms with E-state index in [1.165, 1.54) is 6.42 Å². The van der Waals surface area contributed by atoms with Crippen LogP contribution < -0.4 is 0 Å². The zero-order chi connectivity index (χ0) is 10.1. The molecule has 1 aromatic carbocycles. The van der Waals surface area contributed by atoms with Gasteiger partial charge in [0.05, 0.1) is 6.10 Å². The maximum absolute atomic E-state index is 10.1. The maximum Gasteiger partial charge on any atom is 0.0828 e. The van der Waals surface area contributed by atoms with Crippen LogP contribution in [0.3, 0.4) is 0 Å². The molecule has 0 saturated heterocycles. The number of halogens is 2. The van der Waals surface area contributed by atoms with Crippen molar-refractivity contribution >= 4 is 34.2 Å². The summed E-state index contributed by atoms with van der Waals surface area (Å²) < 4.78 is 1.10. The van der Waals surface area contributed by atoms with Crippen molar-refractivity contribution in [1.29, 1.82) is 0 Å². The summed E-state index contributed by atoms with van der Waals surface area (Å²) in [5.74, 6) is 0.446. The molecule has 1 aromatic rings. The number of hydrogen-bond acceptors (Lipinski definition) is 1. The highest BCUT2D eigenvalue weighted by Gasteiger charge is 2.27. The molecule has 0 aliphatic heterocycles. The fourth-order valence-corrected chi connectivity index (χ4v) is 2.59. The van der Waals surface area contributed by atoms with Gasteiger partial charge in [0.1, 0.15) is 0 Å². The van der Waals surface area contributed by atoms with E-state index in [0.717, 1.165) is 22.0 Å². The third kappa shape index (κ3) is 2.07. The van der Waals surface area contributed by atoms with Gasteiger partial charge in [-0.2, -0.15) is 0 Å². The van der Waals surface area contributed by atoms with Crippen molar-refractivity contribution in [3.63, 3.8) is 0 Å². The van der Waals surface area contributed by atoms with Crippen LogP contribution >= 0.6 is 34.2 Å². The molecule has 0 radical (unpaired) electrons. The minimum Gasteiger partial charge on any atom is -0.388 e. The Labute approximate surface area is 103 Å². The molecule has 1 nitrogen and oxygen atoms in total. The molecule has 1 fully saturated rings. The number of benzene rings is 1. The largest absolute Gasteiger partial charge is 0.388 e. The Kier molecular flexibility index (Phi) is 3.34. The van der Waals surface area contributed by atoms with Crippen molar-refractivity contribution in [2.24, 2.45) is 5.92 Å². The summed E-state index contributed by atoms with van der Waals surface area (Å²) in [4.78, 5) is 0. The molecule has 0 heterocycles. The predicted octanol–water partition coefficient (Wildman–Crippen LogP) is 3.78. The van der Waals surface area contributed by atoms with E-state index in [2.05, 4.69) is 22.6 Å². The molecule has 0 amide bonds. The van der Waals surface area contributed by atoms with Crippen molar-refractivity contribution in [3.8, 4) is 0 Å². The molecule has 1 unspecified atom stereocenters. The Balaban J connectivity index is 2.24. The van der Waals surface area contributed by atoms with E-state index >= 15 is 0 Å². The standard InChI is InChI=1S/C11H12ClIO/c12-8-4-5-10(13)9(6-8)11(14)7-2-1-3-7/h4-7,11,14H,1-3H2. The summed E-state index contributed by atoms with van der Waals surface area (Å²) in [5.41, 5.74) is 0.989. The molecular weight excluding hydrogens is 310 g/mol. The van der Waals surface area contributed by atoms with Gasteiger partial charge in [0.15, 0.2) is 0 Å². The highest BCUT2D eigenvalue weighted by Crippen LogP contribution is 2.39. The van der Waals surface area contributed by atoms with Gasteiger partial charge < -0.3 is 5.11 Å². The van der Waals surface area contributed by atoms with Crippen LogP contribution in [0.25, 0.3) is 0 Å². The normalized spacial score (nSPS) is 19.1. The molecule has 0 spiro atoms. The molecule has 0 bridgehead atoms. The second-order valence-corrected chi connectivity index (χ2v) is 5.40. The lowest BCUT2D eigenvalue weighted by Crippen LogP contribution is -2.20. The average Bonchev–Trinajstić information content (AvgIpc) is 2.06. The van der Waals surface area contributed by atoms with E-state index < -0.39 is 0 Å². The zero-order valence-electron chi connectivity index (χ0n) is 7.71. The van der Waals surface area contributed by atoms with E-state index in [-0.39, 0.29) is 6.10 Å². The fourth-order valence-electron chi connectivity index (χ4n) is 1.75. The SMILES string of the molecule is OC(c1cc(Cl)ccc1I)C1CCC1. The van der Waals surface area contributed by atoms with Gasteiger partial charge in [-0.15, -0.1) is 0 Å². The Morgan fingerprint density at radius 2 is 2.14 bits per heavy atom. The third-order valence-electron chi connectivity index (χ3n) is 2.87. The van der Waals surface area contributed by atoms with Crippen molar-refractivity contribution in [3.05, 3.63) is 32.4 Å². The number of rotatable bonds is 2. The highest BCUT2D eigenvalue weighted by atomic mass is 127. The lowest BCUT2D eigenvalue weighted by atomic mass is 9.79. The second-order valence-electron chi connectivity index (χ2n) is 3.80. The van der Waals surface area contributed by atoms with Gasteiger partial charge >= 0.3 is 0 Å². The maximum atomic E-state index is 10.1. The summed E-state index contributed by atoms with van der Waals surface area (Å²) in [6, 6.07) is 5.70. The number of hydrogen-bond donors (Lipinski definition) is 1. The second kappa shape index (κ2) is 4.37. The first-order valence-electron chi connectivity index (χ1n) is 4.81. The summed E-state index contributed by atoms with van der Waals surface area (Å²) in [5, 5.41) is 10.8. The third-order valence-corrected chi connectivity index (χ3v) is 4.09. The molecule has 1 N–H and O–H groups in total. The van der Waals surface area contributed by atoms with Gasteiger partial charge in [-0.1, -0.05) is 18.0 Å². The fraction of sp³-hybridized carbons (Fsp3) is 0.455. The average molecular weight is 323 g/mol. The molecule has 14 heavy (non-hydrogen) atoms. The van der Waals surface area contributed by atoms with Crippen molar-refractivity contribution in [2.75, 3.05) is 0 Å². The van der Waals surface area contributed by atoms with Crippen LogP contribution in [0.5, 0.6) is 0 Å². The first kappa shape index (κ1) is 10.7. The van der Waals surface area contributed by atoms with Crippen LogP contribution in [-0.2, 0) is 0 Å². The molecule has 3 heteroatoms. The van der Waals surface area contributed by atoms with Gasteiger partial charge in [-0.05, 0) is 65.1 Å². The van der Waals surface area contributed by atoms with E-state index in [0.29, 0.717) is 10.9 Å².